The molecular weight excluding hydrogens is 522 g/mol. The van der Waals surface area contributed by atoms with Crippen LogP contribution >= 0.6 is 22.9 Å². The first-order valence-electron chi connectivity index (χ1n) is 12.9. The van der Waals surface area contributed by atoms with Gasteiger partial charge in [0.25, 0.3) is 0 Å². The van der Waals surface area contributed by atoms with E-state index in [2.05, 4.69) is 37.2 Å². The number of thiazole rings is 1. The Bertz CT molecular complexity index is 948. The second-order valence-electron chi connectivity index (χ2n) is 8.36. The quantitative estimate of drug-likeness (QED) is 0.268. The summed E-state index contributed by atoms with van der Waals surface area (Å²) in [6.07, 6.45) is 13.1. The van der Waals surface area contributed by atoms with Gasteiger partial charge in [-0.2, -0.15) is 5.26 Å². The fraction of sp³-hybridized carbons (Fsp3) is 0.536. The van der Waals surface area contributed by atoms with Crippen LogP contribution in [0, 0.1) is 23.2 Å². The molecule has 1 atom stereocenters. The van der Waals surface area contributed by atoms with Crippen LogP contribution in [0.25, 0.3) is 10.2 Å². The van der Waals surface area contributed by atoms with Crippen LogP contribution in [0.5, 0.6) is 0 Å². The molecule has 212 valence electrons. The maximum Gasteiger partial charge on any atom is 0.243 e. The van der Waals surface area contributed by atoms with Gasteiger partial charge in [-0.1, -0.05) is 77.0 Å². The summed E-state index contributed by atoms with van der Waals surface area (Å²) in [7, 11) is 0. The topological polar surface area (TPSA) is 152 Å². The minimum Gasteiger partial charge on any atom is -0.372 e. The molecule has 1 unspecified atom stereocenters. The molecule has 1 aliphatic rings. The van der Waals surface area contributed by atoms with Crippen LogP contribution in [0.2, 0.25) is 5.02 Å². The van der Waals surface area contributed by atoms with Crippen LogP contribution in [-0.4, -0.2) is 30.3 Å². The van der Waals surface area contributed by atoms with Crippen LogP contribution in [0.4, 0.5) is 0 Å². The van der Waals surface area contributed by atoms with Gasteiger partial charge in [0.2, 0.25) is 18.7 Å². The first kappa shape index (κ1) is 37.2. The molecule has 3 rings (SSSR count). The number of nitrogens with two attached hydrogens (primary N) is 2. The van der Waals surface area contributed by atoms with E-state index < -0.39 is 0 Å². The third-order valence-electron chi connectivity index (χ3n) is 5.66. The first-order valence-corrected chi connectivity index (χ1v) is 14.1. The Morgan fingerprint density at radius 3 is 2.29 bits per heavy atom. The van der Waals surface area contributed by atoms with E-state index in [1.807, 2.05) is 18.2 Å². The van der Waals surface area contributed by atoms with E-state index in [1.165, 1.54) is 57.9 Å². The van der Waals surface area contributed by atoms with Crippen LogP contribution in [0.3, 0.4) is 0 Å². The van der Waals surface area contributed by atoms with Gasteiger partial charge in [0.15, 0.2) is 0 Å². The molecule has 1 heterocycles. The fourth-order valence-electron chi connectivity index (χ4n) is 3.78. The van der Waals surface area contributed by atoms with Crippen molar-refractivity contribution < 1.29 is 14.4 Å². The molecule has 0 spiro atoms. The molecule has 5 N–H and O–H groups in total. The van der Waals surface area contributed by atoms with Gasteiger partial charge >= 0.3 is 0 Å². The van der Waals surface area contributed by atoms with Gasteiger partial charge in [-0.3, -0.25) is 14.4 Å². The Morgan fingerprint density at radius 2 is 1.79 bits per heavy atom. The number of unbranched alkanes of at least 4 members (excludes halogenated alkanes) is 1. The highest BCUT2D eigenvalue weighted by atomic mass is 35.5. The monoisotopic (exact) mass is 565 g/mol. The Balaban J connectivity index is 0. The molecule has 0 aliphatic heterocycles. The van der Waals surface area contributed by atoms with Gasteiger partial charge in [-0.05, 0) is 49.0 Å². The summed E-state index contributed by atoms with van der Waals surface area (Å²) in [5, 5.41) is 12.2. The highest BCUT2D eigenvalue weighted by Gasteiger charge is 2.24. The van der Waals surface area contributed by atoms with Crippen LogP contribution in [0.1, 0.15) is 77.1 Å². The van der Waals surface area contributed by atoms with E-state index >= 15 is 0 Å². The van der Waals surface area contributed by atoms with Crippen molar-refractivity contribution in [2.75, 3.05) is 6.54 Å². The third-order valence-corrected chi connectivity index (χ3v) is 6.98. The van der Waals surface area contributed by atoms with Crippen molar-refractivity contribution in [1.29, 1.82) is 5.26 Å². The molecule has 0 radical (unpaired) electrons. The molecule has 2 aromatic rings. The largest absolute Gasteiger partial charge is 0.372 e. The number of hydrogen-bond donors (Lipinski definition) is 3. The van der Waals surface area contributed by atoms with E-state index in [0.29, 0.717) is 11.8 Å². The summed E-state index contributed by atoms with van der Waals surface area (Å²) in [6.45, 7) is 10.1. The molecule has 1 aromatic heterocycles. The number of rotatable bonds is 8. The number of primary amides is 2. The number of fused-ring (bicyclic) bond motifs is 1. The van der Waals surface area contributed by atoms with Gasteiger partial charge in [-0.15, -0.1) is 11.3 Å². The zero-order chi connectivity index (χ0) is 29.2. The molecule has 3 amide bonds. The maximum absolute atomic E-state index is 11.6. The van der Waals surface area contributed by atoms with E-state index in [-0.39, 0.29) is 18.7 Å². The highest BCUT2D eigenvalue weighted by Crippen LogP contribution is 2.33. The zero-order valence-corrected chi connectivity index (χ0v) is 24.5. The maximum atomic E-state index is 11.6. The summed E-state index contributed by atoms with van der Waals surface area (Å²) in [5.74, 6) is 1.15. The van der Waals surface area contributed by atoms with Gasteiger partial charge in [0.05, 0.1) is 21.3 Å². The minimum atomic E-state index is -0.0737. The number of amides is 3. The number of carbonyl (C=O) groups is 3. The molecule has 1 fully saturated rings. The number of aryl methyl sites for hydroxylation is 1. The molecule has 8 nitrogen and oxygen atoms in total. The van der Waals surface area contributed by atoms with E-state index in [4.69, 9.17) is 31.4 Å². The predicted molar refractivity (Wildman–Crippen MR) is 159 cm³/mol. The molecule has 1 aromatic carbocycles. The van der Waals surface area contributed by atoms with E-state index in [9.17, 15) is 4.79 Å². The molecule has 0 saturated heterocycles. The van der Waals surface area contributed by atoms with Gasteiger partial charge in [-0.25, -0.2) is 4.98 Å². The van der Waals surface area contributed by atoms with Crippen molar-refractivity contribution in [1.82, 2.24) is 10.3 Å². The third kappa shape index (κ3) is 18.3. The molecule has 1 aliphatic carbocycles. The Morgan fingerprint density at radius 1 is 1.24 bits per heavy atom. The number of carbonyl (C=O) groups excluding carboxylic acids is 3. The van der Waals surface area contributed by atoms with Crippen molar-refractivity contribution in [3.05, 3.63) is 40.9 Å². The second-order valence-corrected chi connectivity index (χ2v) is 9.91. The zero-order valence-electron chi connectivity index (χ0n) is 23.0. The second kappa shape index (κ2) is 25.7. The summed E-state index contributed by atoms with van der Waals surface area (Å²) in [6, 6.07) is 7.62. The van der Waals surface area contributed by atoms with Gasteiger partial charge in [0.1, 0.15) is 0 Å². The lowest BCUT2D eigenvalue weighted by atomic mass is 9.78. The van der Waals surface area contributed by atoms with Crippen molar-refractivity contribution in [2.45, 2.75) is 78.6 Å². The van der Waals surface area contributed by atoms with Crippen LogP contribution in [0.15, 0.2) is 30.9 Å². The Hall–Kier alpha value is -2.96. The smallest absolute Gasteiger partial charge is 0.243 e. The van der Waals surface area contributed by atoms with Crippen molar-refractivity contribution in [3.63, 3.8) is 0 Å². The molecule has 10 heteroatoms. The molecule has 38 heavy (non-hydrogen) atoms. The van der Waals surface area contributed by atoms with Crippen LogP contribution in [-0.2, 0) is 20.8 Å². The Labute approximate surface area is 236 Å². The van der Waals surface area contributed by atoms with Crippen molar-refractivity contribution in [3.8, 4) is 6.07 Å². The van der Waals surface area contributed by atoms with Crippen LogP contribution < -0.4 is 16.8 Å². The average Bonchev–Trinajstić information content (AvgIpc) is 3.32. The number of nitrogens with one attached hydrogen (secondary N) is 1. The molecule has 1 saturated carbocycles. The average molecular weight is 566 g/mol. The predicted octanol–water partition coefficient (Wildman–Crippen LogP) is 5.92. The first-order chi connectivity index (χ1) is 18.3. The van der Waals surface area contributed by atoms with Gasteiger partial charge in [0, 0.05) is 18.5 Å². The highest BCUT2D eigenvalue weighted by molar-refractivity contribution is 7.18. The summed E-state index contributed by atoms with van der Waals surface area (Å²) in [4.78, 5) is 33.5. The van der Waals surface area contributed by atoms with E-state index in [0.717, 1.165) is 39.6 Å². The van der Waals surface area contributed by atoms with Crippen molar-refractivity contribution >= 4 is 51.9 Å². The number of halogens is 1. The fourth-order valence-corrected chi connectivity index (χ4v) is 5.03. The molecular formula is C28H44ClN5O3S. The summed E-state index contributed by atoms with van der Waals surface area (Å²) in [5.41, 5.74) is 9.36. The summed E-state index contributed by atoms with van der Waals surface area (Å²) < 4.78 is 1.15. The number of nitrogens with zero attached hydrogens (tertiary/aromatic N) is 2. The lowest BCUT2D eigenvalue weighted by Crippen LogP contribution is -2.32. The summed E-state index contributed by atoms with van der Waals surface area (Å²) >= 11 is 7.80. The van der Waals surface area contributed by atoms with Gasteiger partial charge < -0.3 is 16.8 Å². The van der Waals surface area contributed by atoms with Crippen molar-refractivity contribution in [2.24, 2.45) is 23.3 Å². The number of aromatic nitrogens is 1. The lowest BCUT2D eigenvalue weighted by Gasteiger charge is -2.30. The SMILES string of the molecule is C=CC(=O)NCC(CCc1nc2ccc(Cl)cc2s1)C1CCCCC1.CC#N.CCCC.NC=O.NC=O. The number of hydrogen-bond acceptors (Lipinski definition) is 6. The van der Waals surface area contributed by atoms with E-state index in [1.54, 1.807) is 17.4 Å². The lowest BCUT2D eigenvalue weighted by molar-refractivity contribution is -0.116. The number of nitriles is 1. The normalized spacial score (nSPS) is 12.6. The number of benzene rings is 1. The minimum absolute atomic E-state index is 0.0737. The standard InChI is InChI=1S/C20H25ClN2OS.C4H10.C2H3N.2CH3NO/c1-2-19(24)22-13-15(14-6-4-3-5-7-14)8-11-20-23-17-10-9-16(21)12-18(17)25-20;1-3-4-2;1-2-3;2*2-1-3/h2,9-10,12,14-15H,1,3-8,11,13H2,(H,22,24);3-4H2,1-2H3;1H3;2*1H,(H2,2,3). The molecule has 0 bridgehead atoms. The Kier molecular flexibility index (Phi) is 25.1.